The molecule has 1 fully saturated rings. The lowest BCUT2D eigenvalue weighted by molar-refractivity contribution is 0.0696. The van der Waals surface area contributed by atoms with Gasteiger partial charge < -0.3 is 15.2 Å². The van der Waals surface area contributed by atoms with Crippen LogP contribution in [-0.4, -0.2) is 30.1 Å². The molecule has 1 saturated heterocycles. The van der Waals surface area contributed by atoms with Crippen molar-refractivity contribution in [1.29, 1.82) is 0 Å². The third-order valence-electron chi connectivity index (χ3n) is 4.26. The third kappa shape index (κ3) is 3.63. The normalized spacial score (nSPS) is 19.8. The number of hydrogen-bond donors (Lipinski definition) is 2. The molecule has 5 nitrogen and oxygen atoms in total. The molecule has 3 rings (SSSR count). The lowest BCUT2D eigenvalue weighted by Crippen LogP contribution is -2.30. The molecule has 0 spiro atoms. The second-order valence-corrected chi connectivity index (χ2v) is 5.84. The molecule has 2 aromatic carbocycles. The first-order chi connectivity index (χ1) is 11.6. The molecule has 124 valence electrons. The Kier molecular flexibility index (Phi) is 4.91. The minimum absolute atomic E-state index is 0.000821. The monoisotopic (exact) mass is 325 g/mol. The number of carboxylic acid groups (broad SMARTS) is 1. The zero-order valence-electron chi connectivity index (χ0n) is 13.1. The lowest BCUT2D eigenvalue weighted by atomic mass is 9.95. The van der Waals surface area contributed by atoms with Crippen LogP contribution in [0.2, 0.25) is 0 Å². The minimum Gasteiger partial charge on any atom is -0.478 e. The summed E-state index contributed by atoms with van der Waals surface area (Å²) in [5.41, 5.74) is 1.75. The Morgan fingerprint density at radius 2 is 1.71 bits per heavy atom. The summed E-state index contributed by atoms with van der Waals surface area (Å²) in [5.74, 6) is -0.976. The number of benzene rings is 2. The van der Waals surface area contributed by atoms with E-state index in [9.17, 15) is 9.59 Å². The van der Waals surface area contributed by atoms with E-state index < -0.39 is 5.97 Å². The van der Waals surface area contributed by atoms with E-state index >= 15 is 0 Å². The van der Waals surface area contributed by atoms with E-state index in [1.807, 2.05) is 30.3 Å². The molecular formula is C19H19NO4. The van der Waals surface area contributed by atoms with Crippen LogP contribution in [0.4, 0.5) is 0 Å². The molecule has 2 N–H and O–H groups in total. The van der Waals surface area contributed by atoms with E-state index in [0.29, 0.717) is 18.7 Å². The molecule has 24 heavy (non-hydrogen) atoms. The van der Waals surface area contributed by atoms with E-state index in [0.717, 1.165) is 12.0 Å². The van der Waals surface area contributed by atoms with Gasteiger partial charge in [-0.15, -0.1) is 0 Å². The molecule has 0 aromatic heterocycles. The highest BCUT2D eigenvalue weighted by molar-refractivity contribution is 5.95. The molecular weight excluding hydrogens is 306 g/mol. The van der Waals surface area contributed by atoms with Crippen LogP contribution in [0, 0.1) is 5.92 Å². The van der Waals surface area contributed by atoms with Crippen molar-refractivity contribution < 1.29 is 19.4 Å². The number of carboxylic acids is 1. The summed E-state index contributed by atoms with van der Waals surface area (Å²) >= 11 is 0. The molecule has 0 radical (unpaired) electrons. The molecule has 0 unspecified atom stereocenters. The average Bonchev–Trinajstić information content (AvgIpc) is 3.09. The van der Waals surface area contributed by atoms with Gasteiger partial charge in [-0.05, 0) is 36.2 Å². The third-order valence-corrected chi connectivity index (χ3v) is 4.26. The standard InChI is InChI=1S/C19H19NO4/c21-18(14-6-8-15(9-7-14)19(22)23)20-12-16-10-11-24-17(16)13-4-2-1-3-5-13/h1-9,16-17H,10-12H2,(H,20,21)(H,22,23)/t16-,17-/m0/s1. The van der Waals surface area contributed by atoms with Crippen LogP contribution in [0.5, 0.6) is 0 Å². The van der Waals surface area contributed by atoms with Gasteiger partial charge in [0.15, 0.2) is 0 Å². The molecule has 0 saturated carbocycles. The maximum Gasteiger partial charge on any atom is 0.335 e. The summed E-state index contributed by atoms with van der Waals surface area (Å²) in [7, 11) is 0. The number of hydrogen-bond acceptors (Lipinski definition) is 3. The van der Waals surface area contributed by atoms with Gasteiger partial charge in [0.25, 0.3) is 5.91 Å². The van der Waals surface area contributed by atoms with Gasteiger partial charge in [-0.25, -0.2) is 4.79 Å². The zero-order valence-corrected chi connectivity index (χ0v) is 13.1. The maximum atomic E-state index is 12.2. The summed E-state index contributed by atoms with van der Waals surface area (Å²) in [6.07, 6.45) is 0.901. The fourth-order valence-electron chi connectivity index (χ4n) is 2.94. The van der Waals surface area contributed by atoms with Crippen molar-refractivity contribution in [2.75, 3.05) is 13.2 Å². The average molecular weight is 325 g/mol. The summed E-state index contributed by atoms with van der Waals surface area (Å²) in [5, 5.41) is 11.8. The second-order valence-electron chi connectivity index (χ2n) is 5.84. The first-order valence-electron chi connectivity index (χ1n) is 7.93. The van der Waals surface area contributed by atoms with Gasteiger partial charge in [-0.1, -0.05) is 30.3 Å². The van der Waals surface area contributed by atoms with E-state index in [1.165, 1.54) is 24.3 Å². The molecule has 2 aromatic rings. The number of carbonyl (C=O) groups is 2. The fraction of sp³-hybridized carbons (Fsp3) is 0.263. The van der Waals surface area contributed by atoms with Crippen molar-refractivity contribution in [3.8, 4) is 0 Å². The molecule has 1 aliphatic heterocycles. The Labute approximate surface area is 140 Å². The SMILES string of the molecule is O=C(O)c1ccc(C(=O)NC[C@@H]2CCO[C@H]2c2ccccc2)cc1. The second kappa shape index (κ2) is 7.27. The highest BCUT2D eigenvalue weighted by Gasteiger charge is 2.29. The molecule has 5 heteroatoms. The van der Waals surface area contributed by atoms with E-state index in [4.69, 9.17) is 9.84 Å². The summed E-state index contributed by atoms with van der Waals surface area (Å²) < 4.78 is 5.82. The predicted octanol–water partition coefficient (Wildman–Crippen LogP) is 2.89. The quantitative estimate of drug-likeness (QED) is 0.886. The fourth-order valence-corrected chi connectivity index (χ4v) is 2.94. The van der Waals surface area contributed by atoms with Gasteiger partial charge in [-0.2, -0.15) is 0 Å². The number of rotatable bonds is 5. The van der Waals surface area contributed by atoms with Crippen LogP contribution >= 0.6 is 0 Å². The molecule has 1 heterocycles. The number of carbonyl (C=O) groups excluding carboxylic acids is 1. The van der Waals surface area contributed by atoms with Gasteiger partial charge >= 0.3 is 5.97 Å². The number of ether oxygens (including phenoxy) is 1. The van der Waals surface area contributed by atoms with Gasteiger partial charge in [-0.3, -0.25) is 4.79 Å². The van der Waals surface area contributed by atoms with E-state index in [-0.39, 0.29) is 23.5 Å². The smallest absolute Gasteiger partial charge is 0.335 e. The Hall–Kier alpha value is -2.66. The molecule has 2 atom stereocenters. The first kappa shape index (κ1) is 16.2. The Morgan fingerprint density at radius 1 is 1.04 bits per heavy atom. The number of nitrogens with one attached hydrogen (secondary N) is 1. The summed E-state index contributed by atoms with van der Waals surface area (Å²) in [6.45, 7) is 1.21. The Balaban J connectivity index is 1.60. The van der Waals surface area contributed by atoms with E-state index in [1.54, 1.807) is 0 Å². The van der Waals surface area contributed by atoms with Crippen LogP contribution in [-0.2, 0) is 4.74 Å². The van der Waals surface area contributed by atoms with Gasteiger partial charge in [0.1, 0.15) is 0 Å². The number of amides is 1. The molecule has 0 bridgehead atoms. The highest BCUT2D eigenvalue weighted by Crippen LogP contribution is 2.33. The minimum atomic E-state index is -1.00. The van der Waals surface area contributed by atoms with Gasteiger partial charge in [0, 0.05) is 24.6 Å². The molecule has 1 amide bonds. The molecule has 0 aliphatic carbocycles. The number of aromatic carboxylic acids is 1. The summed E-state index contributed by atoms with van der Waals surface area (Å²) in [6, 6.07) is 15.9. The van der Waals surface area contributed by atoms with E-state index in [2.05, 4.69) is 5.32 Å². The van der Waals surface area contributed by atoms with Crippen molar-refractivity contribution >= 4 is 11.9 Å². The predicted molar refractivity (Wildman–Crippen MR) is 89.0 cm³/mol. The highest BCUT2D eigenvalue weighted by atomic mass is 16.5. The lowest BCUT2D eigenvalue weighted by Gasteiger charge is -2.19. The Morgan fingerprint density at radius 3 is 2.38 bits per heavy atom. The topological polar surface area (TPSA) is 75.6 Å². The summed E-state index contributed by atoms with van der Waals surface area (Å²) in [4.78, 5) is 23.1. The van der Waals surface area contributed by atoms with Crippen LogP contribution in [0.15, 0.2) is 54.6 Å². The van der Waals surface area contributed by atoms with Crippen molar-refractivity contribution in [2.45, 2.75) is 12.5 Å². The van der Waals surface area contributed by atoms with Crippen LogP contribution in [0.1, 0.15) is 38.8 Å². The Bertz CT molecular complexity index is 712. The van der Waals surface area contributed by atoms with Crippen LogP contribution in [0.3, 0.4) is 0 Å². The van der Waals surface area contributed by atoms with Gasteiger partial charge in [0.05, 0.1) is 11.7 Å². The van der Waals surface area contributed by atoms with Crippen molar-refractivity contribution in [2.24, 2.45) is 5.92 Å². The maximum absolute atomic E-state index is 12.2. The largest absolute Gasteiger partial charge is 0.478 e. The van der Waals surface area contributed by atoms with Crippen molar-refractivity contribution in [3.63, 3.8) is 0 Å². The van der Waals surface area contributed by atoms with Crippen molar-refractivity contribution in [3.05, 3.63) is 71.3 Å². The first-order valence-corrected chi connectivity index (χ1v) is 7.93. The van der Waals surface area contributed by atoms with Gasteiger partial charge in [0.2, 0.25) is 0 Å². The van der Waals surface area contributed by atoms with Crippen molar-refractivity contribution in [1.82, 2.24) is 5.32 Å². The van der Waals surface area contributed by atoms with Crippen LogP contribution < -0.4 is 5.32 Å². The van der Waals surface area contributed by atoms with Crippen LogP contribution in [0.25, 0.3) is 0 Å². The molecule has 1 aliphatic rings. The zero-order chi connectivity index (χ0) is 16.9.